The molecule has 0 saturated heterocycles. The summed E-state index contributed by atoms with van der Waals surface area (Å²) in [6, 6.07) is 7.88. The van der Waals surface area contributed by atoms with E-state index in [1.54, 1.807) is 0 Å². The smallest absolute Gasteiger partial charge is 0.303 e. The number of hydrogen-bond donors (Lipinski definition) is 4. The van der Waals surface area contributed by atoms with Crippen LogP contribution in [0.25, 0.3) is 56.5 Å². The zero-order valence-electron chi connectivity index (χ0n) is 24.7. The van der Waals surface area contributed by atoms with Crippen LogP contribution in [0.15, 0.2) is 37.4 Å². The van der Waals surface area contributed by atoms with Crippen molar-refractivity contribution in [2.45, 2.75) is 53.4 Å². The van der Waals surface area contributed by atoms with Crippen molar-refractivity contribution in [2.75, 3.05) is 0 Å². The minimum atomic E-state index is -0.889. The molecule has 3 aromatic heterocycles. The minimum absolute atomic E-state index is 0. The van der Waals surface area contributed by atoms with Crippen molar-refractivity contribution in [1.82, 2.24) is 19.9 Å². The van der Waals surface area contributed by atoms with E-state index in [9.17, 15) is 19.8 Å². The molecule has 2 aliphatic heterocycles. The Morgan fingerprint density at radius 1 is 0.674 bits per heavy atom. The molecule has 43 heavy (non-hydrogen) atoms. The van der Waals surface area contributed by atoms with Gasteiger partial charge in [-0.05, 0) is 98.2 Å². The summed E-state index contributed by atoms with van der Waals surface area (Å²) in [4.78, 5) is 40.0. The third-order valence-corrected chi connectivity index (χ3v) is 8.22. The Labute approximate surface area is 260 Å². The molecule has 4 N–H and O–H groups in total. The minimum Gasteiger partial charge on any atom is -0.481 e. The van der Waals surface area contributed by atoms with Crippen molar-refractivity contribution < 1.29 is 37.2 Å². The zero-order valence-corrected chi connectivity index (χ0v) is 26.0. The first-order chi connectivity index (χ1) is 20.0. The molecule has 0 saturated carbocycles. The van der Waals surface area contributed by atoms with E-state index in [0.29, 0.717) is 24.2 Å². The van der Waals surface area contributed by atoms with Crippen molar-refractivity contribution in [3.05, 3.63) is 82.5 Å². The number of aryl methyl sites for hydroxylation is 2. The van der Waals surface area contributed by atoms with Crippen LogP contribution < -0.4 is 0 Å². The van der Waals surface area contributed by atoms with Crippen molar-refractivity contribution in [2.24, 2.45) is 0 Å². The van der Waals surface area contributed by atoms with E-state index in [0.717, 1.165) is 78.0 Å². The Kier molecular flexibility index (Phi) is 9.10. The van der Waals surface area contributed by atoms with Crippen LogP contribution in [0.1, 0.15) is 84.6 Å². The summed E-state index contributed by atoms with van der Waals surface area (Å²) in [6.45, 7) is 16.1. The predicted octanol–water partition coefficient (Wildman–Crippen LogP) is 7.81. The van der Waals surface area contributed by atoms with Crippen molar-refractivity contribution in [1.29, 1.82) is 0 Å². The molecule has 0 spiro atoms. The van der Waals surface area contributed by atoms with Gasteiger partial charge in [0, 0.05) is 63.4 Å². The van der Waals surface area contributed by atoms with Gasteiger partial charge in [0.2, 0.25) is 0 Å². The zero-order chi connectivity index (χ0) is 30.3. The fraction of sp³-hybridized carbons (Fsp3) is 0.235. The van der Waals surface area contributed by atoms with Crippen molar-refractivity contribution in [3.8, 4) is 0 Å². The summed E-state index contributed by atoms with van der Waals surface area (Å²) >= 11 is 0. The first kappa shape index (κ1) is 31.5. The Morgan fingerprint density at radius 2 is 1.07 bits per heavy atom. The number of aliphatic carboxylic acids is 2. The number of allylic oxidation sites excluding steroid dienone is 4. The van der Waals surface area contributed by atoms with Crippen molar-refractivity contribution in [3.63, 3.8) is 0 Å². The van der Waals surface area contributed by atoms with Crippen LogP contribution in [-0.4, -0.2) is 42.1 Å². The molecule has 0 unspecified atom stereocenters. The molecule has 0 radical (unpaired) electrons. The normalized spacial score (nSPS) is 12.7. The van der Waals surface area contributed by atoms with Gasteiger partial charge in [-0.25, -0.2) is 9.97 Å². The van der Waals surface area contributed by atoms with E-state index in [1.165, 1.54) is 0 Å². The predicted molar refractivity (Wildman–Crippen MR) is 169 cm³/mol. The third kappa shape index (κ3) is 5.92. The maximum atomic E-state index is 11.5. The van der Waals surface area contributed by atoms with Crippen LogP contribution in [0, 0.1) is 13.8 Å². The van der Waals surface area contributed by atoms with Gasteiger partial charge >= 0.3 is 11.9 Å². The van der Waals surface area contributed by atoms with E-state index >= 15 is 0 Å². The van der Waals surface area contributed by atoms with E-state index in [1.807, 2.05) is 58.0 Å². The molecule has 5 heterocycles. The van der Waals surface area contributed by atoms with Gasteiger partial charge in [-0.3, -0.25) is 9.59 Å². The molecule has 0 amide bonds. The molecular weight excluding hydrogens is 580 g/mol. The molecule has 0 fully saturated rings. The largest absolute Gasteiger partial charge is 0.481 e. The number of carboxylic acids is 2. The van der Waals surface area contributed by atoms with Crippen LogP contribution in [-0.2, 0) is 27.0 Å². The number of H-pyrrole nitrogens is 2. The van der Waals surface area contributed by atoms with Gasteiger partial charge in [0.05, 0.1) is 22.8 Å². The molecule has 3 aromatic rings. The first-order valence-corrected chi connectivity index (χ1v) is 13.9. The fourth-order valence-corrected chi connectivity index (χ4v) is 5.77. The standard InChI is InChI=1S/C34H34N4O4.Cr/c1-7-21-17(3)25-13-26-19(5)23(9-11-33(39)40)31(37-26)16-32-24(10-12-34(41)42)20(6)28(38-32)15-30-22(8-2)18(4)27(36-30)14-29(21)35-25;/h7-8,13-16,35-36H,1-2,9-12H2,3-6H3,(H,39,40)(H,41,42);. The summed E-state index contributed by atoms with van der Waals surface area (Å²) in [5, 5.41) is 18.9. The average molecular weight is 615 g/mol. The summed E-state index contributed by atoms with van der Waals surface area (Å²) in [6.07, 6.45) is 4.20. The maximum absolute atomic E-state index is 11.5. The number of nitrogens with zero attached hydrogens (tertiary/aromatic N) is 2. The second-order valence-electron chi connectivity index (χ2n) is 10.7. The number of aromatic nitrogens is 4. The Morgan fingerprint density at radius 3 is 1.49 bits per heavy atom. The van der Waals surface area contributed by atoms with Gasteiger partial charge in [-0.2, -0.15) is 0 Å². The summed E-state index contributed by atoms with van der Waals surface area (Å²) < 4.78 is 0. The molecular formula is C34H34CrN4O4. The SMILES string of the molecule is C=Cc1c(C)c2cc3[nH]c(cc4nc(cc5nc(cc1[nH]2)C(C)=C5CCC(=O)O)C(CCC(=O)O)=C4C)c(C)c3C=C.[Cr]. The number of aromatic amines is 2. The topological polar surface area (TPSA) is 132 Å². The monoisotopic (exact) mass is 614 g/mol. The van der Waals surface area contributed by atoms with E-state index in [2.05, 4.69) is 29.2 Å². The second-order valence-corrected chi connectivity index (χ2v) is 10.7. The molecule has 0 aliphatic carbocycles. The summed E-state index contributed by atoms with van der Waals surface area (Å²) in [7, 11) is 0. The molecule has 0 atom stereocenters. The van der Waals surface area contributed by atoms with Crippen LogP contribution >= 0.6 is 0 Å². The summed E-state index contributed by atoms with van der Waals surface area (Å²) in [5.41, 5.74) is 13.7. The van der Waals surface area contributed by atoms with Crippen LogP contribution in [0.5, 0.6) is 0 Å². The van der Waals surface area contributed by atoms with Gasteiger partial charge in [0.15, 0.2) is 0 Å². The van der Waals surface area contributed by atoms with E-state index < -0.39 is 11.9 Å². The second kappa shape index (κ2) is 12.4. The number of rotatable bonds is 8. The number of nitrogens with one attached hydrogen (secondary N) is 2. The van der Waals surface area contributed by atoms with E-state index in [-0.39, 0.29) is 30.2 Å². The maximum Gasteiger partial charge on any atom is 0.303 e. The van der Waals surface area contributed by atoms with E-state index in [4.69, 9.17) is 9.97 Å². The Bertz CT molecular complexity index is 1920. The van der Waals surface area contributed by atoms with Gasteiger partial charge in [0.1, 0.15) is 0 Å². The number of fused-ring (bicyclic) bond motifs is 8. The number of hydrogen-bond acceptors (Lipinski definition) is 4. The van der Waals surface area contributed by atoms with Crippen LogP contribution in [0.4, 0.5) is 0 Å². The van der Waals surface area contributed by atoms with Gasteiger partial charge in [0.25, 0.3) is 0 Å². The quantitative estimate of drug-likeness (QED) is 0.205. The molecule has 2 aliphatic rings. The molecule has 220 valence electrons. The molecule has 8 bridgehead atoms. The number of carboxylic acid groups (broad SMARTS) is 2. The Hall–Kier alpha value is -4.45. The molecule has 5 rings (SSSR count). The molecule has 0 aromatic carbocycles. The third-order valence-electron chi connectivity index (χ3n) is 8.22. The van der Waals surface area contributed by atoms with Crippen LogP contribution in [0.2, 0.25) is 0 Å². The number of carbonyl (C=O) groups is 2. The van der Waals surface area contributed by atoms with Crippen molar-refractivity contribution >= 4 is 68.4 Å². The van der Waals surface area contributed by atoms with Gasteiger partial charge in [-0.1, -0.05) is 25.3 Å². The first-order valence-electron chi connectivity index (χ1n) is 13.9. The summed E-state index contributed by atoms with van der Waals surface area (Å²) in [5.74, 6) is -1.78. The van der Waals surface area contributed by atoms with Gasteiger partial charge in [-0.15, -0.1) is 0 Å². The molecule has 8 nitrogen and oxygen atoms in total. The van der Waals surface area contributed by atoms with Gasteiger partial charge < -0.3 is 20.2 Å². The average Bonchev–Trinajstić information content (AvgIpc) is 3.59. The Balaban J connectivity index is 0.00000423. The molecule has 9 heteroatoms. The fourth-order valence-electron chi connectivity index (χ4n) is 5.77. The van der Waals surface area contributed by atoms with Crippen LogP contribution in [0.3, 0.4) is 0 Å².